The first-order valence-electron chi connectivity index (χ1n) is 5.53. The van der Waals surface area contributed by atoms with Gasteiger partial charge in [0.25, 0.3) is 5.91 Å². The Bertz CT molecular complexity index is 437. The van der Waals surface area contributed by atoms with Gasteiger partial charge in [-0.3, -0.25) is 4.79 Å². The maximum atomic E-state index is 12.2. The highest BCUT2D eigenvalue weighted by atomic mass is 35.5. The van der Waals surface area contributed by atoms with Gasteiger partial charge in [-0.15, -0.1) is 0 Å². The summed E-state index contributed by atoms with van der Waals surface area (Å²) in [7, 11) is 0. The quantitative estimate of drug-likeness (QED) is 0.778. The zero-order valence-corrected chi connectivity index (χ0v) is 10.4. The minimum Gasteiger partial charge on any atom is -0.398 e. The van der Waals surface area contributed by atoms with Crippen LogP contribution in [0.2, 0.25) is 5.02 Å². The summed E-state index contributed by atoms with van der Waals surface area (Å²) in [6, 6.07) is 5.06. The molecule has 1 fully saturated rings. The highest BCUT2D eigenvalue weighted by molar-refractivity contribution is 6.33. The lowest BCUT2D eigenvalue weighted by molar-refractivity contribution is 0.00360. The van der Waals surface area contributed by atoms with Gasteiger partial charge in [0.1, 0.15) is 0 Å². The number of ether oxygens (including phenoxy) is 1. The normalized spacial score (nSPS) is 20.4. The molecule has 1 atom stereocenters. The van der Waals surface area contributed by atoms with Crippen LogP contribution in [0.4, 0.5) is 5.69 Å². The molecule has 2 rings (SSSR count). The predicted molar refractivity (Wildman–Crippen MR) is 67.2 cm³/mol. The van der Waals surface area contributed by atoms with E-state index in [2.05, 4.69) is 0 Å². The lowest BCUT2D eigenvalue weighted by Crippen LogP contribution is -2.47. The fraction of sp³-hybridized carbons (Fsp3) is 0.417. The molecule has 0 unspecified atom stereocenters. The summed E-state index contributed by atoms with van der Waals surface area (Å²) in [6.45, 7) is 3.74. The van der Waals surface area contributed by atoms with E-state index < -0.39 is 0 Å². The Balaban J connectivity index is 2.21. The molecule has 1 amide bonds. The SMILES string of the molecule is C[C@@H]1COCCN1C(=O)c1ccc(N)c(Cl)c1. The second kappa shape index (κ2) is 4.94. The first kappa shape index (κ1) is 12.2. The van der Waals surface area contributed by atoms with Gasteiger partial charge in [0.2, 0.25) is 0 Å². The molecule has 92 valence electrons. The summed E-state index contributed by atoms with van der Waals surface area (Å²) in [5.74, 6) is -0.0253. The molecule has 1 aromatic carbocycles. The summed E-state index contributed by atoms with van der Waals surface area (Å²) >= 11 is 5.91. The van der Waals surface area contributed by atoms with Gasteiger partial charge < -0.3 is 15.4 Å². The van der Waals surface area contributed by atoms with Gasteiger partial charge in [-0.25, -0.2) is 0 Å². The molecule has 1 aliphatic heterocycles. The first-order chi connectivity index (χ1) is 8.09. The molecule has 1 aromatic rings. The number of nitrogens with zero attached hydrogens (tertiary/aromatic N) is 1. The average Bonchev–Trinajstić information content (AvgIpc) is 2.32. The molecule has 2 N–H and O–H groups in total. The molecule has 0 radical (unpaired) electrons. The number of hydrogen-bond acceptors (Lipinski definition) is 3. The third kappa shape index (κ3) is 2.53. The fourth-order valence-electron chi connectivity index (χ4n) is 1.85. The van der Waals surface area contributed by atoms with E-state index in [1.165, 1.54) is 0 Å². The van der Waals surface area contributed by atoms with Crippen molar-refractivity contribution in [3.8, 4) is 0 Å². The Hall–Kier alpha value is -1.26. The second-order valence-electron chi connectivity index (χ2n) is 4.16. The van der Waals surface area contributed by atoms with Crippen molar-refractivity contribution in [1.82, 2.24) is 4.90 Å². The maximum Gasteiger partial charge on any atom is 0.254 e. The highest BCUT2D eigenvalue weighted by Gasteiger charge is 2.24. The average molecular weight is 255 g/mol. The number of halogens is 1. The molecule has 0 aliphatic carbocycles. The molecule has 1 saturated heterocycles. The summed E-state index contributed by atoms with van der Waals surface area (Å²) in [4.78, 5) is 14.0. The van der Waals surface area contributed by atoms with Crippen LogP contribution < -0.4 is 5.73 Å². The van der Waals surface area contributed by atoms with Crippen LogP contribution in [0.15, 0.2) is 18.2 Å². The van der Waals surface area contributed by atoms with E-state index in [-0.39, 0.29) is 11.9 Å². The Morgan fingerprint density at radius 1 is 1.59 bits per heavy atom. The van der Waals surface area contributed by atoms with Crippen molar-refractivity contribution in [2.75, 3.05) is 25.5 Å². The number of rotatable bonds is 1. The van der Waals surface area contributed by atoms with E-state index >= 15 is 0 Å². The number of benzene rings is 1. The monoisotopic (exact) mass is 254 g/mol. The molecule has 4 nitrogen and oxygen atoms in total. The smallest absolute Gasteiger partial charge is 0.254 e. The van der Waals surface area contributed by atoms with Crippen LogP contribution in [0.1, 0.15) is 17.3 Å². The second-order valence-corrected chi connectivity index (χ2v) is 4.57. The van der Waals surface area contributed by atoms with Crippen molar-refractivity contribution in [2.45, 2.75) is 13.0 Å². The lowest BCUT2D eigenvalue weighted by Gasteiger charge is -2.33. The summed E-state index contributed by atoms with van der Waals surface area (Å²) < 4.78 is 5.30. The van der Waals surface area contributed by atoms with Gasteiger partial charge in [0, 0.05) is 12.1 Å². The number of morpholine rings is 1. The molecule has 17 heavy (non-hydrogen) atoms. The van der Waals surface area contributed by atoms with Crippen molar-refractivity contribution in [3.05, 3.63) is 28.8 Å². The van der Waals surface area contributed by atoms with Crippen LogP contribution in [0.5, 0.6) is 0 Å². The van der Waals surface area contributed by atoms with Gasteiger partial charge in [-0.1, -0.05) is 11.6 Å². The molecule has 0 spiro atoms. The fourth-order valence-corrected chi connectivity index (χ4v) is 2.04. The maximum absolute atomic E-state index is 12.2. The van der Waals surface area contributed by atoms with E-state index in [1.807, 2.05) is 6.92 Å². The molecule has 1 aliphatic rings. The summed E-state index contributed by atoms with van der Waals surface area (Å²) in [5.41, 5.74) is 6.67. The standard InChI is InChI=1S/C12H15ClN2O2/c1-8-7-17-5-4-15(8)12(16)9-2-3-11(14)10(13)6-9/h2-3,6,8H,4-5,7,14H2,1H3/t8-/m1/s1. The first-order valence-corrected chi connectivity index (χ1v) is 5.91. The van der Waals surface area contributed by atoms with Crippen molar-refractivity contribution in [1.29, 1.82) is 0 Å². The van der Waals surface area contributed by atoms with E-state index in [4.69, 9.17) is 22.1 Å². The number of nitrogens with two attached hydrogens (primary N) is 1. The van der Waals surface area contributed by atoms with Gasteiger partial charge in [0.15, 0.2) is 0 Å². The topological polar surface area (TPSA) is 55.6 Å². The van der Waals surface area contributed by atoms with E-state index in [0.29, 0.717) is 36.0 Å². The molecule has 1 heterocycles. The zero-order chi connectivity index (χ0) is 12.4. The Labute approximate surface area is 105 Å². The minimum absolute atomic E-state index is 0.0253. The predicted octanol–water partition coefficient (Wildman–Crippen LogP) is 1.78. The summed E-state index contributed by atoms with van der Waals surface area (Å²) in [6.07, 6.45) is 0. The molecule has 5 heteroatoms. The number of carbonyl (C=O) groups is 1. The van der Waals surface area contributed by atoms with E-state index in [1.54, 1.807) is 23.1 Å². The zero-order valence-electron chi connectivity index (χ0n) is 9.65. The van der Waals surface area contributed by atoms with E-state index in [0.717, 1.165) is 0 Å². The third-order valence-electron chi connectivity index (χ3n) is 2.88. The van der Waals surface area contributed by atoms with Gasteiger partial charge in [0.05, 0.1) is 30.0 Å². The van der Waals surface area contributed by atoms with Crippen LogP contribution in [0.3, 0.4) is 0 Å². The van der Waals surface area contributed by atoms with Crippen LogP contribution in [0, 0.1) is 0 Å². The number of nitrogen functional groups attached to an aromatic ring is 1. The molecule has 0 aromatic heterocycles. The van der Waals surface area contributed by atoms with Crippen LogP contribution in [-0.2, 0) is 4.74 Å². The van der Waals surface area contributed by atoms with Crippen LogP contribution >= 0.6 is 11.6 Å². The summed E-state index contributed by atoms with van der Waals surface area (Å²) in [5, 5.41) is 0.414. The molecular weight excluding hydrogens is 240 g/mol. The number of anilines is 1. The number of hydrogen-bond donors (Lipinski definition) is 1. The van der Waals surface area contributed by atoms with Crippen molar-refractivity contribution < 1.29 is 9.53 Å². The lowest BCUT2D eigenvalue weighted by atomic mass is 10.1. The van der Waals surface area contributed by atoms with Crippen LogP contribution in [-0.4, -0.2) is 36.6 Å². The Morgan fingerprint density at radius 2 is 2.35 bits per heavy atom. The minimum atomic E-state index is -0.0253. The molecular formula is C12H15ClN2O2. The number of amides is 1. The van der Waals surface area contributed by atoms with Crippen molar-refractivity contribution in [3.63, 3.8) is 0 Å². The van der Waals surface area contributed by atoms with Gasteiger partial charge in [-0.2, -0.15) is 0 Å². The Kier molecular flexibility index (Phi) is 3.54. The van der Waals surface area contributed by atoms with Crippen LogP contribution in [0.25, 0.3) is 0 Å². The van der Waals surface area contributed by atoms with E-state index in [9.17, 15) is 4.79 Å². The largest absolute Gasteiger partial charge is 0.398 e. The third-order valence-corrected chi connectivity index (χ3v) is 3.20. The van der Waals surface area contributed by atoms with Gasteiger partial charge >= 0.3 is 0 Å². The highest BCUT2D eigenvalue weighted by Crippen LogP contribution is 2.21. The van der Waals surface area contributed by atoms with Crippen molar-refractivity contribution >= 4 is 23.2 Å². The van der Waals surface area contributed by atoms with Gasteiger partial charge in [-0.05, 0) is 25.1 Å². The molecule has 0 bridgehead atoms. The molecule has 0 saturated carbocycles. The number of carbonyl (C=O) groups excluding carboxylic acids is 1. The van der Waals surface area contributed by atoms with Crippen molar-refractivity contribution in [2.24, 2.45) is 0 Å². The Morgan fingerprint density at radius 3 is 3.00 bits per heavy atom.